The lowest BCUT2D eigenvalue weighted by Gasteiger charge is -2.27. The van der Waals surface area contributed by atoms with Crippen LogP contribution in [0.3, 0.4) is 0 Å². The quantitative estimate of drug-likeness (QED) is 0.325. The van der Waals surface area contributed by atoms with E-state index in [1.165, 1.54) is 0 Å². The zero-order chi connectivity index (χ0) is 22.8. The van der Waals surface area contributed by atoms with E-state index in [0.717, 1.165) is 43.0 Å². The predicted octanol–water partition coefficient (Wildman–Crippen LogP) is 5.65. The Hall–Kier alpha value is -3.07. The molecule has 3 aromatic heterocycles. The van der Waals surface area contributed by atoms with Gasteiger partial charge in [0.1, 0.15) is 28.2 Å². The Kier molecular flexibility index (Phi) is 6.22. The Balaban J connectivity index is 1.35. The number of aromatic nitrogens is 4. The number of ether oxygens (including phenoxy) is 1. The summed E-state index contributed by atoms with van der Waals surface area (Å²) in [5, 5.41) is 12.3. The van der Waals surface area contributed by atoms with Crippen molar-refractivity contribution in [1.29, 1.82) is 0 Å². The summed E-state index contributed by atoms with van der Waals surface area (Å²) in [6, 6.07) is 11.8. The van der Waals surface area contributed by atoms with Crippen LogP contribution in [0.5, 0.6) is 11.5 Å². The summed E-state index contributed by atoms with van der Waals surface area (Å²) in [5.41, 5.74) is 7.49. The van der Waals surface area contributed by atoms with Crippen molar-refractivity contribution in [1.82, 2.24) is 19.6 Å². The van der Waals surface area contributed by atoms with E-state index < -0.39 is 0 Å². The first-order valence-corrected chi connectivity index (χ1v) is 11.5. The van der Waals surface area contributed by atoms with Gasteiger partial charge < -0.3 is 21.1 Å². The second kappa shape index (κ2) is 9.43. The molecule has 5 rings (SSSR count). The number of nitrogens with one attached hydrogen (secondary N) is 2. The van der Waals surface area contributed by atoms with E-state index in [9.17, 15) is 0 Å². The molecule has 1 saturated carbocycles. The fourth-order valence-electron chi connectivity index (χ4n) is 3.91. The Bertz CT molecular complexity index is 1250. The van der Waals surface area contributed by atoms with Crippen LogP contribution in [0.4, 0.5) is 17.3 Å². The number of anilines is 3. The minimum atomic E-state index is 0.294. The highest BCUT2D eigenvalue weighted by atomic mass is 35.5. The van der Waals surface area contributed by atoms with Crippen molar-refractivity contribution in [3.05, 3.63) is 65.0 Å². The zero-order valence-electron chi connectivity index (χ0n) is 17.7. The average molecular weight is 484 g/mol. The molecule has 0 aliphatic heterocycles. The van der Waals surface area contributed by atoms with Gasteiger partial charge in [0.25, 0.3) is 0 Å². The third-order valence-electron chi connectivity index (χ3n) is 5.59. The van der Waals surface area contributed by atoms with Gasteiger partial charge >= 0.3 is 0 Å². The smallest absolute Gasteiger partial charge is 0.178 e. The molecule has 0 radical (unpaired) electrons. The second-order valence-electron chi connectivity index (χ2n) is 8.10. The van der Waals surface area contributed by atoms with Crippen LogP contribution < -0.4 is 21.1 Å². The summed E-state index contributed by atoms with van der Waals surface area (Å²) < 4.78 is 7.50. The van der Waals surface area contributed by atoms with E-state index >= 15 is 0 Å². The molecule has 10 heteroatoms. The summed E-state index contributed by atoms with van der Waals surface area (Å²) in [6.07, 6.45) is 8.83. The molecule has 0 spiro atoms. The molecular weight excluding hydrogens is 461 g/mol. The lowest BCUT2D eigenvalue weighted by Crippen LogP contribution is -2.33. The van der Waals surface area contributed by atoms with Crippen LogP contribution in [-0.2, 0) is 0 Å². The van der Waals surface area contributed by atoms with Gasteiger partial charge in [0.05, 0.1) is 17.4 Å². The minimum absolute atomic E-state index is 0.294. The Morgan fingerprint density at radius 3 is 2.52 bits per heavy atom. The van der Waals surface area contributed by atoms with Gasteiger partial charge in [0.2, 0.25) is 0 Å². The van der Waals surface area contributed by atoms with Crippen molar-refractivity contribution in [2.24, 2.45) is 5.73 Å². The molecule has 0 atom stereocenters. The lowest BCUT2D eigenvalue weighted by molar-refractivity contribution is 0.410. The molecule has 4 N–H and O–H groups in total. The van der Waals surface area contributed by atoms with Crippen LogP contribution in [0, 0.1) is 0 Å². The van der Waals surface area contributed by atoms with E-state index in [0.29, 0.717) is 39.3 Å². The van der Waals surface area contributed by atoms with E-state index in [1.54, 1.807) is 29.2 Å². The molecule has 3 heterocycles. The number of pyridine rings is 1. The monoisotopic (exact) mass is 483 g/mol. The standard InChI is InChI=1S/C23H23Cl2N7O/c24-14-9-19(12-27-11-14)33-18-7-5-17(6-8-18)30-22-10-21(29-16-3-1-15(26)2-4-16)31-23-20(25)13-28-32(22)23/h5-13,15-16,30H,1-4,26H2,(H,29,31)/t15-,16-. The molecule has 4 aromatic rings. The van der Waals surface area contributed by atoms with Gasteiger partial charge in [-0.2, -0.15) is 9.61 Å². The van der Waals surface area contributed by atoms with E-state index in [2.05, 4.69) is 25.7 Å². The Labute approximate surface area is 201 Å². The fraction of sp³-hybridized carbons (Fsp3) is 0.261. The first-order chi connectivity index (χ1) is 16.0. The van der Waals surface area contributed by atoms with Crippen LogP contribution in [0.1, 0.15) is 25.7 Å². The summed E-state index contributed by atoms with van der Waals surface area (Å²) >= 11 is 12.3. The van der Waals surface area contributed by atoms with Gasteiger partial charge in [-0.3, -0.25) is 4.98 Å². The number of nitrogens with zero attached hydrogens (tertiary/aromatic N) is 4. The third kappa shape index (κ3) is 5.13. The van der Waals surface area contributed by atoms with Gasteiger partial charge in [-0.05, 0) is 49.9 Å². The van der Waals surface area contributed by atoms with Gasteiger partial charge in [-0.1, -0.05) is 23.2 Å². The normalized spacial score (nSPS) is 18.3. The minimum Gasteiger partial charge on any atom is -0.456 e. The van der Waals surface area contributed by atoms with Crippen LogP contribution in [-0.4, -0.2) is 31.7 Å². The Morgan fingerprint density at radius 2 is 1.76 bits per heavy atom. The SMILES string of the molecule is N[C@H]1CC[C@H](Nc2cc(Nc3ccc(Oc4cncc(Cl)c4)cc3)n3ncc(Cl)c3n2)CC1. The lowest BCUT2D eigenvalue weighted by atomic mass is 9.92. The molecule has 0 bridgehead atoms. The van der Waals surface area contributed by atoms with Gasteiger partial charge in [-0.15, -0.1) is 0 Å². The number of nitrogens with two attached hydrogens (primary N) is 1. The highest BCUT2D eigenvalue weighted by Crippen LogP contribution is 2.29. The maximum atomic E-state index is 6.34. The largest absolute Gasteiger partial charge is 0.456 e. The van der Waals surface area contributed by atoms with Crippen molar-refractivity contribution in [3.8, 4) is 11.5 Å². The van der Waals surface area contributed by atoms with E-state index in [-0.39, 0.29) is 0 Å². The first-order valence-electron chi connectivity index (χ1n) is 10.8. The number of fused-ring (bicyclic) bond motifs is 1. The molecule has 33 heavy (non-hydrogen) atoms. The number of hydrogen-bond donors (Lipinski definition) is 3. The van der Waals surface area contributed by atoms with Crippen LogP contribution >= 0.6 is 23.2 Å². The van der Waals surface area contributed by atoms with Crippen molar-refractivity contribution in [2.75, 3.05) is 10.6 Å². The van der Waals surface area contributed by atoms with Gasteiger partial charge in [0.15, 0.2) is 5.65 Å². The summed E-state index contributed by atoms with van der Waals surface area (Å²) in [6.45, 7) is 0. The molecule has 0 amide bonds. The molecule has 170 valence electrons. The van der Waals surface area contributed by atoms with E-state index in [4.69, 9.17) is 33.7 Å². The van der Waals surface area contributed by atoms with E-state index in [1.807, 2.05) is 30.3 Å². The fourth-order valence-corrected chi connectivity index (χ4v) is 4.24. The molecule has 1 aliphatic rings. The van der Waals surface area contributed by atoms with Crippen molar-refractivity contribution < 1.29 is 4.74 Å². The summed E-state index contributed by atoms with van der Waals surface area (Å²) in [5.74, 6) is 2.74. The summed E-state index contributed by atoms with van der Waals surface area (Å²) in [7, 11) is 0. The van der Waals surface area contributed by atoms with Gasteiger partial charge in [0, 0.05) is 36.1 Å². The van der Waals surface area contributed by atoms with Crippen LogP contribution in [0.15, 0.2) is 55.0 Å². The molecule has 1 aliphatic carbocycles. The number of hydrogen-bond acceptors (Lipinski definition) is 7. The number of rotatable bonds is 6. The van der Waals surface area contributed by atoms with Crippen molar-refractivity contribution in [2.45, 2.75) is 37.8 Å². The molecule has 1 aromatic carbocycles. The highest BCUT2D eigenvalue weighted by Gasteiger charge is 2.20. The highest BCUT2D eigenvalue weighted by molar-refractivity contribution is 6.33. The summed E-state index contributed by atoms with van der Waals surface area (Å²) in [4.78, 5) is 8.70. The van der Waals surface area contributed by atoms with Crippen LogP contribution in [0.25, 0.3) is 5.65 Å². The molecular formula is C23H23Cl2N7O. The van der Waals surface area contributed by atoms with Crippen molar-refractivity contribution >= 4 is 46.2 Å². The van der Waals surface area contributed by atoms with Crippen molar-refractivity contribution in [3.63, 3.8) is 0 Å². The zero-order valence-corrected chi connectivity index (χ0v) is 19.2. The molecule has 1 fully saturated rings. The molecule has 0 unspecified atom stereocenters. The third-order valence-corrected chi connectivity index (χ3v) is 6.07. The average Bonchev–Trinajstić information content (AvgIpc) is 3.18. The molecule has 8 nitrogen and oxygen atoms in total. The number of halogens is 2. The second-order valence-corrected chi connectivity index (χ2v) is 8.94. The van der Waals surface area contributed by atoms with Gasteiger partial charge in [-0.25, -0.2) is 4.98 Å². The first kappa shape index (κ1) is 21.8. The maximum absolute atomic E-state index is 6.34. The number of benzene rings is 1. The molecule has 0 saturated heterocycles. The predicted molar refractivity (Wildman–Crippen MR) is 131 cm³/mol. The maximum Gasteiger partial charge on any atom is 0.178 e. The Morgan fingerprint density at radius 1 is 0.970 bits per heavy atom. The van der Waals surface area contributed by atoms with Crippen LogP contribution in [0.2, 0.25) is 10.0 Å². The topological polar surface area (TPSA) is 102 Å².